The standard InChI is InChI=1S/C12H18Br2N2O2/c1-17-6-3-4-16(5-7-18-2)12-11(14)8-10(13)9-15-12/h8-9H,3-7H2,1-2H3. The van der Waals surface area contributed by atoms with Crippen molar-refractivity contribution in [1.29, 1.82) is 0 Å². The van der Waals surface area contributed by atoms with Crippen molar-refractivity contribution < 1.29 is 9.47 Å². The molecule has 0 aliphatic rings. The van der Waals surface area contributed by atoms with Gasteiger partial charge in [-0.3, -0.25) is 0 Å². The maximum absolute atomic E-state index is 5.14. The predicted molar refractivity (Wildman–Crippen MR) is 80.2 cm³/mol. The van der Waals surface area contributed by atoms with Crippen molar-refractivity contribution in [2.45, 2.75) is 6.42 Å². The topological polar surface area (TPSA) is 34.6 Å². The molecule has 1 aromatic heterocycles. The summed E-state index contributed by atoms with van der Waals surface area (Å²) in [6.45, 7) is 3.13. The zero-order valence-corrected chi connectivity index (χ0v) is 13.8. The Kier molecular flexibility index (Phi) is 7.81. The summed E-state index contributed by atoms with van der Waals surface area (Å²) in [5, 5.41) is 0. The van der Waals surface area contributed by atoms with Gasteiger partial charge < -0.3 is 14.4 Å². The molecule has 0 N–H and O–H groups in total. The minimum absolute atomic E-state index is 0.678. The van der Waals surface area contributed by atoms with E-state index in [1.807, 2.05) is 6.07 Å². The lowest BCUT2D eigenvalue weighted by atomic mass is 10.3. The molecule has 0 atom stereocenters. The SMILES string of the molecule is COCCCN(CCOC)c1ncc(Br)cc1Br. The first-order chi connectivity index (χ1) is 8.69. The fourth-order valence-corrected chi connectivity index (χ4v) is 2.80. The highest BCUT2D eigenvalue weighted by Crippen LogP contribution is 2.26. The molecule has 6 heteroatoms. The van der Waals surface area contributed by atoms with Crippen molar-refractivity contribution in [3.63, 3.8) is 0 Å². The quantitative estimate of drug-likeness (QED) is 0.648. The van der Waals surface area contributed by atoms with Crippen LogP contribution in [0.2, 0.25) is 0 Å². The van der Waals surface area contributed by atoms with Crippen LogP contribution in [0.4, 0.5) is 5.82 Å². The zero-order valence-electron chi connectivity index (χ0n) is 10.7. The number of hydrogen-bond acceptors (Lipinski definition) is 4. The molecule has 0 aliphatic carbocycles. The van der Waals surface area contributed by atoms with Gasteiger partial charge in [0.1, 0.15) is 5.82 Å². The molecule has 0 spiro atoms. The highest BCUT2D eigenvalue weighted by atomic mass is 79.9. The minimum atomic E-state index is 0.678. The van der Waals surface area contributed by atoms with E-state index < -0.39 is 0 Å². The van der Waals surface area contributed by atoms with Crippen LogP contribution in [-0.4, -0.2) is 45.5 Å². The van der Waals surface area contributed by atoms with E-state index in [0.717, 1.165) is 40.9 Å². The summed E-state index contributed by atoms with van der Waals surface area (Å²) in [6.07, 6.45) is 2.76. The van der Waals surface area contributed by atoms with Crippen LogP contribution in [0.25, 0.3) is 0 Å². The van der Waals surface area contributed by atoms with Gasteiger partial charge in [-0.05, 0) is 44.3 Å². The molecule has 0 aliphatic heterocycles. The first-order valence-electron chi connectivity index (χ1n) is 5.73. The van der Waals surface area contributed by atoms with Gasteiger partial charge in [0.15, 0.2) is 0 Å². The van der Waals surface area contributed by atoms with E-state index in [9.17, 15) is 0 Å². The molecule has 0 fully saturated rings. The summed E-state index contributed by atoms with van der Waals surface area (Å²) >= 11 is 6.95. The maximum Gasteiger partial charge on any atom is 0.143 e. The van der Waals surface area contributed by atoms with Crippen LogP contribution in [-0.2, 0) is 9.47 Å². The molecular formula is C12H18Br2N2O2. The summed E-state index contributed by atoms with van der Waals surface area (Å²) in [7, 11) is 3.42. The van der Waals surface area contributed by atoms with E-state index in [-0.39, 0.29) is 0 Å². The Morgan fingerprint density at radius 1 is 1.17 bits per heavy atom. The number of halogens is 2. The van der Waals surface area contributed by atoms with Gasteiger partial charge in [-0.25, -0.2) is 4.98 Å². The Bertz CT molecular complexity index is 364. The molecule has 0 amide bonds. The Morgan fingerprint density at radius 3 is 2.50 bits per heavy atom. The fraction of sp³-hybridized carbons (Fsp3) is 0.583. The molecule has 1 rings (SSSR count). The van der Waals surface area contributed by atoms with E-state index in [1.165, 1.54) is 0 Å². The van der Waals surface area contributed by atoms with Crippen LogP contribution in [0.1, 0.15) is 6.42 Å². The molecule has 1 heterocycles. The summed E-state index contributed by atoms with van der Waals surface area (Å²) in [5.41, 5.74) is 0. The van der Waals surface area contributed by atoms with Crippen molar-refractivity contribution in [3.8, 4) is 0 Å². The molecule has 0 unspecified atom stereocenters. The van der Waals surface area contributed by atoms with Crippen LogP contribution in [0.15, 0.2) is 21.2 Å². The monoisotopic (exact) mass is 380 g/mol. The van der Waals surface area contributed by atoms with Crippen LogP contribution >= 0.6 is 31.9 Å². The number of methoxy groups -OCH3 is 2. The molecule has 1 aromatic rings. The van der Waals surface area contributed by atoms with E-state index >= 15 is 0 Å². The van der Waals surface area contributed by atoms with Crippen molar-refractivity contribution in [2.75, 3.05) is 45.4 Å². The summed E-state index contributed by atoms with van der Waals surface area (Å²) in [5.74, 6) is 0.936. The summed E-state index contributed by atoms with van der Waals surface area (Å²) in [6, 6.07) is 2.00. The second-order valence-electron chi connectivity index (χ2n) is 3.79. The number of ether oxygens (including phenoxy) is 2. The minimum Gasteiger partial charge on any atom is -0.385 e. The molecule has 4 nitrogen and oxygen atoms in total. The van der Waals surface area contributed by atoms with Crippen molar-refractivity contribution in [3.05, 3.63) is 21.2 Å². The third kappa shape index (κ3) is 5.22. The number of anilines is 1. The van der Waals surface area contributed by atoms with Crippen molar-refractivity contribution in [2.24, 2.45) is 0 Å². The molecule has 102 valence electrons. The zero-order chi connectivity index (χ0) is 13.4. The lowest BCUT2D eigenvalue weighted by Gasteiger charge is -2.24. The summed E-state index contributed by atoms with van der Waals surface area (Å²) < 4.78 is 12.2. The smallest absolute Gasteiger partial charge is 0.143 e. The number of rotatable bonds is 8. The van der Waals surface area contributed by atoms with Gasteiger partial charge in [0.25, 0.3) is 0 Å². The van der Waals surface area contributed by atoms with Gasteiger partial charge in [-0.2, -0.15) is 0 Å². The lowest BCUT2D eigenvalue weighted by molar-refractivity contribution is 0.191. The van der Waals surface area contributed by atoms with E-state index in [4.69, 9.17) is 9.47 Å². The second-order valence-corrected chi connectivity index (χ2v) is 5.56. The number of pyridine rings is 1. The number of hydrogen-bond donors (Lipinski definition) is 0. The average molecular weight is 382 g/mol. The Morgan fingerprint density at radius 2 is 1.89 bits per heavy atom. The largest absolute Gasteiger partial charge is 0.385 e. The Hall–Kier alpha value is -0.170. The van der Waals surface area contributed by atoms with Crippen molar-refractivity contribution in [1.82, 2.24) is 4.98 Å². The number of aromatic nitrogens is 1. The molecule has 0 saturated carbocycles. The van der Waals surface area contributed by atoms with Gasteiger partial charge in [-0.15, -0.1) is 0 Å². The van der Waals surface area contributed by atoms with Gasteiger partial charge in [0.2, 0.25) is 0 Å². The first kappa shape index (κ1) is 15.9. The van der Waals surface area contributed by atoms with E-state index in [0.29, 0.717) is 6.61 Å². The van der Waals surface area contributed by atoms with E-state index in [1.54, 1.807) is 20.4 Å². The fourth-order valence-electron chi connectivity index (χ4n) is 1.56. The third-order valence-electron chi connectivity index (χ3n) is 2.43. The number of nitrogens with zero attached hydrogens (tertiary/aromatic N) is 2. The van der Waals surface area contributed by atoms with Gasteiger partial charge >= 0.3 is 0 Å². The second kappa shape index (κ2) is 8.85. The third-order valence-corrected chi connectivity index (χ3v) is 3.45. The van der Waals surface area contributed by atoms with E-state index in [2.05, 4.69) is 41.7 Å². The average Bonchev–Trinajstić information content (AvgIpc) is 2.34. The van der Waals surface area contributed by atoms with Crippen LogP contribution in [0.3, 0.4) is 0 Å². The van der Waals surface area contributed by atoms with Crippen molar-refractivity contribution >= 4 is 37.7 Å². The van der Waals surface area contributed by atoms with Gasteiger partial charge in [0, 0.05) is 44.6 Å². The van der Waals surface area contributed by atoms with Gasteiger partial charge in [0.05, 0.1) is 11.1 Å². The summed E-state index contributed by atoms with van der Waals surface area (Å²) in [4.78, 5) is 6.64. The molecule has 18 heavy (non-hydrogen) atoms. The molecule has 0 bridgehead atoms. The normalized spacial score (nSPS) is 10.7. The predicted octanol–water partition coefficient (Wildman–Crippen LogP) is 3.10. The van der Waals surface area contributed by atoms with Crippen LogP contribution < -0.4 is 4.90 Å². The maximum atomic E-state index is 5.14. The van der Waals surface area contributed by atoms with Crippen LogP contribution in [0.5, 0.6) is 0 Å². The molecule has 0 radical (unpaired) electrons. The van der Waals surface area contributed by atoms with Gasteiger partial charge in [-0.1, -0.05) is 0 Å². The Balaban J connectivity index is 2.73. The lowest BCUT2D eigenvalue weighted by Crippen LogP contribution is -2.30. The van der Waals surface area contributed by atoms with Crippen LogP contribution in [0, 0.1) is 0 Å². The highest BCUT2D eigenvalue weighted by Gasteiger charge is 2.11. The first-order valence-corrected chi connectivity index (χ1v) is 7.31. The Labute approximate surface area is 125 Å². The highest BCUT2D eigenvalue weighted by molar-refractivity contribution is 9.11. The molecule has 0 aromatic carbocycles. The molecular weight excluding hydrogens is 364 g/mol. The molecule has 0 saturated heterocycles.